The number of anilines is 1. The number of nitrogens with one attached hydrogen (secondary N) is 1. The number of sulfonamides is 1. The lowest BCUT2D eigenvalue weighted by Gasteiger charge is -2.32. The number of nitrogens with zero attached hydrogens (tertiary/aromatic N) is 2. The molecular formula is C29H32F3N3O4S. The highest BCUT2D eigenvalue weighted by Crippen LogP contribution is 2.33. The summed E-state index contributed by atoms with van der Waals surface area (Å²) in [5.74, 6) is -1.21. The number of alkyl halides is 3. The number of rotatable bonds is 10. The molecule has 40 heavy (non-hydrogen) atoms. The normalized spacial score (nSPS) is 12.5. The van der Waals surface area contributed by atoms with Crippen LogP contribution in [0.1, 0.15) is 36.1 Å². The third-order valence-corrected chi connectivity index (χ3v) is 8.13. The van der Waals surface area contributed by atoms with Crippen LogP contribution in [0.25, 0.3) is 0 Å². The van der Waals surface area contributed by atoms with Gasteiger partial charge in [0, 0.05) is 13.1 Å². The first-order chi connectivity index (χ1) is 18.7. The van der Waals surface area contributed by atoms with Gasteiger partial charge in [0.15, 0.2) is 0 Å². The van der Waals surface area contributed by atoms with E-state index in [9.17, 15) is 31.2 Å². The summed E-state index contributed by atoms with van der Waals surface area (Å²) in [5, 5.41) is 2.66. The van der Waals surface area contributed by atoms with Gasteiger partial charge in [-0.3, -0.25) is 13.9 Å². The van der Waals surface area contributed by atoms with Gasteiger partial charge in [0.25, 0.3) is 10.0 Å². The molecular weight excluding hydrogens is 543 g/mol. The molecule has 3 aromatic rings. The maximum Gasteiger partial charge on any atom is 0.416 e. The third kappa shape index (κ3) is 7.41. The van der Waals surface area contributed by atoms with E-state index in [1.807, 2.05) is 19.1 Å². The first-order valence-electron chi connectivity index (χ1n) is 12.6. The minimum absolute atomic E-state index is 0.0155. The zero-order valence-corrected chi connectivity index (χ0v) is 23.5. The largest absolute Gasteiger partial charge is 0.416 e. The zero-order valence-electron chi connectivity index (χ0n) is 22.7. The predicted molar refractivity (Wildman–Crippen MR) is 147 cm³/mol. The maximum atomic E-state index is 13.8. The van der Waals surface area contributed by atoms with Crippen molar-refractivity contribution >= 4 is 27.5 Å². The number of hydrogen-bond acceptors (Lipinski definition) is 4. The van der Waals surface area contributed by atoms with Crippen molar-refractivity contribution in [2.24, 2.45) is 0 Å². The molecule has 1 unspecified atom stereocenters. The van der Waals surface area contributed by atoms with E-state index in [1.54, 1.807) is 38.1 Å². The Morgan fingerprint density at radius 2 is 1.50 bits per heavy atom. The lowest BCUT2D eigenvalue weighted by molar-refractivity contribution is -0.139. The lowest BCUT2D eigenvalue weighted by Crippen LogP contribution is -2.51. The number of halogens is 3. The highest BCUT2D eigenvalue weighted by Gasteiger charge is 2.35. The van der Waals surface area contributed by atoms with Crippen molar-refractivity contribution in [3.8, 4) is 0 Å². The van der Waals surface area contributed by atoms with Gasteiger partial charge in [0.1, 0.15) is 12.6 Å². The molecule has 0 heterocycles. The van der Waals surface area contributed by atoms with E-state index >= 15 is 0 Å². The molecule has 3 aromatic carbocycles. The Bertz CT molecular complexity index is 1440. The summed E-state index contributed by atoms with van der Waals surface area (Å²) >= 11 is 0. The Labute approximate surface area is 232 Å². The van der Waals surface area contributed by atoms with Gasteiger partial charge in [-0.05, 0) is 63.6 Å². The van der Waals surface area contributed by atoms with E-state index in [1.165, 1.54) is 30.0 Å². The molecule has 1 N–H and O–H groups in total. The summed E-state index contributed by atoms with van der Waals surface area (Å²) in [7, 11) is -4.48. The van der Waals surface area contributed by atoms with Crippen LogP contribution in [-0.4, -0.2) is 44.3 Å². The van der Waals surface area contributed by atoms with Crippen LogP contribution in [0.5, 0.6) is 0 Å². The standard InChI is InChI=1S/C29H32F3N3O4S/c1-5-33-28(37)22(4)34(18-23-13-9-20(2)10-14-23)27(36)19-35(25-8-6-7-24(17-25)29(30,31)32)40(38,39)26-15-11-21(3)12-16-26/h6-17,22H,5,18-19H2,1-4H3,(H,33,37). The van der Waals surface area contributed by atoms with E-state index < -0.39 is 46.2 Å². The molecule has 0 aliphatic carbocycles. The van der Waals surface area contributed by atoms with Gasteiger partial charge < -0.3 is 10.2 Å². The number of aryl methyl sites for hydroxylation is 2. The second-order valence-electron chi connectivity index (χ2n) is 9.45. The summed E-state index contributed by atoms with van der Waals surface area (Å²) in [5.41, 5.74) is 1.07. The number of hydrogen-bond donors (Lipinski definition) is 1. The fraction of sp³-hybridized carbons (Fsp3) is 0.310. The second kappa shape index (κ2) is 12.5. The number of amides is 2. The van der Waals surface area contributed by atoms with Crippen molar-refractivity contribution in [1.29, 1.82) is 0 Å². The molecule has 0 bridgehead atoms. The van der Waals surface area contributed by atoms with Crippen LogP contribution in [0, 0.1) is 13.8 Å². The van der Waals surface area contributed by atoms with Gasteiger partial charge in [-0.1, -0.05) is 53.6 Å². The van der Waals surface area contributed by atoms with E-state index in [0.29, 0.717) is 22.5 Å². The smallest absolute Gasteiger partial charge is 0.355 e. The SMILES string of the molecule is CCNC(=O)C(C)N(Cc1ccc(C)cc1)C(=O)CN(c1cccc(C(F)(F)F)c1)S(=O)(=O)c1ccc(C)cc1. The van der Waals surface area contributed by atoms with E-state index in [4.69, 9.17) is 0 Å². The fourth-order valence-electron chi connectivity index (χ4n) is 4.00. The number of benzene rings is 3. The summed E-state index contributed by atoms with van der Waals surface area (Å²) in [6.45, 7) is 6.36. The molecule has 0 saturated heterocycles. The molecule has 0 saturated carbocycles. The molecule has 11 heteroatoms. The first-order valence-corrected chi connectivity index (χ1v) is 14.1. The van der Waals surface area contributed by atoms with Gasteiger partial charge >= 0.3 is 6.18 Å². The van der Waals surface area contributed by atoms with E-state index in [0.717, 1.165) is 23.3 Å². The average molecular weight is 576 g/mol. The fourth-order valence-corrected chi connectivity index (χ4v) is 5.40. The van der Waals surface area contributed by atoms with Crippen LogP contribution < -0.4 is 9.62 Å². The monoisotopic (exact) mass is 575 g/mol. The van der Waals surface area contributed by atoms with Crippen molar-refractivity contribution in [2.45, 2.75) is 51.4 Å². The van der Waals surface area contributed by atoms with E-state index in [2.05, 4.69) is 5.32 Å². The Hall–Kier alpha value is -3.86. The van der Waals surface area contributed by atoms with Gasteiger partial charge in [-0.2, -0.15) is 13.2 Å². The van der Waals surface area contributed by atoms with Crippen LogP contribution in [0.15, 0.2) is 77.7 Å². The molecule has 1 atom stereocenters. The molecule has 0 aromatic heterocycles. The Morgan fingerprint density at radius 3 is 2.05 bits per heavy atom. The second-order valence-corrected chi connectivity index (χ2v) is 11.3. The first kappa shape index (κ1) is 30.7. The van der Waals surface area contributed by atoms with Gasteiger partial charge in [-0.15, -0.1) is 0 Å². The Kier molecular flexibility index (Phi) is 9.62. The zero-order chi connectivity index (χ0) is 29.7. The van der Waals surface area contributed by atoms with Crippen LogP contribution >= 0.6 is 0 Å². The molecule has 3 rings (SSSR count). The summed E-state index contributed by atoms with van der Waals surface area (Å²) in [6.07, 6.45) is -4.73. The summed E-state index contributed by atoms with van der Waals surface area (Å²) < 4.78 is 68.8. The molecule has 2 amide bonds. The summed E-state index contributed by atoms with van der Waals surface area (Å²) in [6, 6.07) is 15.8. The van der Waals surface area contributed by atoms with Crippen molar-refractivity contribution in [1.82, 2.24) is 10.2 Å². The Balaban J connectivity index is 2.09. The van der Waals surface area contributed by atoms with Crippen molar-refractivity contribution in [3.05, 3.63) is 95.1 Å². The van der Waals surface area contributed by atoms with Gasteiger partial charge in [0.05, 0.1) is 16.1 Å². The average Bonchev–Trinajstić information content (AvgIpc) is 2.90. The molecule has 0 spiro atoms. The lowest BCUT2D eigenvalue weighted by atomic mass is 10.1. The highest BCUT2D eigenvalue weighted by atomic mass is 32.2. The minimum Gasteiger partial charge on any atom is -0.355 e. The predicted octanol–water partition coefficient (Wildman–Crippen LogP) is 5.07. The molecule has 0 radical (unpaired) electrons. The van der Waals surface area contributed by atoms with Gasteiger partial charge in [-0.25, -0.2) is 8.42 Å². The van der Waals surface area contributed by atoms with Crippen LogP contribution in [0.4, 0.5) is 18.9 Å². The maximum absolute atomic E-state index is 13.8. The van der Waals surface area contributed by atoms with Gasteiger partial charge in [0.2, 0.25) is 11.8 Å². The molecule has 7 nitrogen and oxygen atoms in total. The number of carbonyl (C=O) groups is 2. The van der Waals surface area contributed by atoms with E-state index in [-0.39, 0.29) is 17.1 Å². The quantitative estimate of drug-likeness (QED) is 0.366. The topological polar surface area (TPSA) is 86.8 Å². The summed E-state index contributed by atoms with van der Waals surface area (Å²) in [4.78, 5) is 27.5. The van der Waals surface area contributed by atoms with Crippen molar-refractivity contribution in [2.75, 3.05) is 17.4 Å². The highest BCUT2D eigenvalue weighted by molar-refractivity contribution is 7.92. The molecule has 0 aliphatic rings. The molecule has 0 fully saturated rings. The Morgan fingerprint density at radius 1 is 0.925 bits per heavy atom. The van der Waals surface area contributed by atoms with Crippen LogP contribution in [-0.2, 0) is 32.3 Å². The minimum atomic E-state index is -4.73. The van der Waals surface area contributed by atoms with Crippen LogP contribution in [0.3, 0.4) is 0 Å². The molecule has 214 valence electrons. The third-order valence-electron chi connectivity index (χ3n) is 6.34. The van der Waals surface area contributed by atoms with Crippen molar-refractivity contribution in [3.63, 3.8) is 0 Å². The van der Waals surface area contributed by atoms with Crippen molar-refractivity contribution < 1.29 is 31.2 Å². The number of carbonyl (C=O) groups excluding carboxylic acids is 2. The molecule has 0 aliphatic heterocycles. The van der Waals surface area contributed by atoms with Crippen LogP contribution in [0.2, 0.25) is 0 Å². The number of likely N-dealkylation sites (N-methyl/N-ethyl adjacent to an activating group) is 1.